The molecule has 0 aromatic rings. The van der Waals surface area contributed by atoms with Crippen molar-refractivity contribution in [3.8, 4) is 0 Å². The third-order valence-electron chi connectivity index (χ3n) is 18.3. The number of nitrogens with one attached hydrogen (secondary N) is 1. The van der Waals surface area contributed by atoms with E-state index in [2.05, 4.69) is 43.5 Å². The molecule has 0 fully saturated rings. The molecule has 498 valence electrons. The molecule has 0 saturated heterocycles. The van der Waals surface area contributed by atoms with Gasteiger partial charge in [0.1, 0.15) is 0 Å². The Morgan fingerprint density at radius 1 is 0.333 bits per heavy atom. The van der Waals surface area contributed by atoms with Gasteiger partial charge in [-0.25, -0.2) is 0 Å². The maximum atomic E-state index is 12.5. The third kappa shape index (κ3) is 69.4. The predicted molar refractivity (Wildman–Crippen MR) is 370 cm³/mol. The van der Waals surface area contributed by atoms with Crippen LogP contribution < -0.4 is 5.32 Å². The van der Waals surface area contributed by atoms with E-state index in [9.17, 15) is 19.8 Å². The van der Waals surface area contributed by atoms with E-state index >= 15 is 0 Å². The first-order chi connectivity index (χ1) is 41.5. The first kappa shape index (κ1) is 82.3. The van der Waals surface area contributed by atoms with Crippen molar-refractivity contribution in [2.24, 2.45) is 0 Å². The second-order valence-electron chi connectivity index (χ2n) is 26.7. The van der Waals surface area contributed by atoms with Crippen LogP contribution in [0.3, 0.4) is 0 Å². The van der Waals surface area contributed by atoms with Crippen molar-refractivity contribution in [3.05, 3.63) is 24.3 Å². The van der Waals surface area contributed by atoms with Crippen LogP contribution in [0.2, 0.25) is 0 Å². The van der Waals surface area contributed by atoms with E-state index in [0.717, 1.165) is 44.9 Å². The fourth-order valence-electron chi connectivity index (χ4n) is 12.4. The summed E-state index contributed by atoms with van der Waals surface area (Å²) < 4.78 is 5.51. The summed E-state index contributed by atoms with van der Waals surface area (Å²) in [5.74, 6) is -0.00981. The van der Waals surface area contributed by atoms with Gasteiger partial charge in [0, 0.05) is 12.8 Å². The highest BCUT2D eigenvalue weighted by Gasteiger charge is 2.20. The summed E-state index contributed by atoms with van der Waals surface area (Å²) >= 11 is 0. The molecule has 0 radical (unpaired) electrons. The maximum Gasteiger partial charge on any atom is 0.305 e. The minimum Gasteiger partial charge on any atom is -0.466 e. The third-order valence-corrected chi connectivity index (χ3v) is 18.3. The fourth-order valence-corrected chi connectivity index (χ4v) is 12.4. The monoisotopic (exact) mass is 1180 g/mol. The lowest BCUT2D eigenvalue weighted by Crippen LogP contribution is -2.45. The first-order valence-electron chi connectivity index (χ1n) is 38.6. The number of amides is 1. The Hall–Kier alpha value is -1.66. The van der Waals surface area contributed by atoms with Crippen molar-refractivity contribution in [3.63, 3.8) is 0 Å². The van der Waals surface area contributed by atoms with Gasteiger partial charge in [-0.15, -0.1) is 0 Å². The summed E-state index contributed by atoms with van der Waals surface area (Å²) in [5, 5.41) is 23.4. The molecule has 0 aliphatic carbocycles. The van der Waals surface area contributed by atoms with E-state index in [1.807, 2.05) is 0 Å². The number of ether oxygens (including phenoxy) is 1. The van der Waals surface area contributed by atoms with E-state index in [4.69, 9.17) is 4.74 Å². The zero-order chi connectivity index (χ0) is 60.6. The Morgan fingerprint density at radius 3 is 0.905 bits per heavy atom. The van der Waals surface area contributed by atoms with Gasteiger partial charge in [-0.2, -0.15) is 0 Å². The SMILES string of the molecule is CCCCCCCCCCCCCCCCCCCCC(=O)OCCCCCCCCCCC/C=C\C/C=C\CCCCCCCCCCCCCCCCCCCC(=O)NC(CO)C(O)CCCCCCCCCCCCCCCCCC. The maximum absolute atomic E-state index is 12.5. The number of unbranched alkanes of at least 4 members (excludes halogenated alkanes) is 58. The van der Waals surface area contributed by atoms with Gasteiger partial charge in [-0.3, -0.25) is 9.59 Å². The van der Waals surface area contributed by atoms with Crippen molar-refractivity contribution in [1.82, 2.24) is 5.32 Å². The molecular weight excluding hydrogens is 1030 g/mol. The van der Waals surface area contributed by atoms with Crippen LogP contribution in [0.25, 0.3) is 0 Å². The van der Waals surface area contributed by atoms with Gasteiger partial charge in [0.15, 0.2) is 0 Å². The molecule has 84 heavy (non-hydrogen) atoms. The molecular formula is C78H151NO5. The number of esters is 1. The molecule has 0 saturated carbocycles. The highest BCUT2D eigenvalue weighted by Crippen LogP contribution is 2.20. The van der Waals surface area contributed by atoms with Crippen LogP contribution in [0.5, 0.6) is 0 Å². The average molecular weight is 1180 g/mol. The highest BCUT2D eigenvalue weighted by atomic mass is 16.5. The summed E-state index contributed by atoms with van der Waals surface area (Å²) in [6.45, 7) is 5.00. The molecule has 3 N–H and O–H groups in total. The van der Waals surface area contributed by atoms with Crippen LogP contribution in [0, 0.1) is 0 Å². The zero-order valence-corrected chi connectivity index (χ0v) is 57.2. The molecule has 0 aromatic carbocycles. The lowest BCUT2D eigenvalue weighted by molar-refractivity contribution is -0.143. The topological polar surface area (TPSA) is 95.9 Å². The van der Waals surface area contributed by atoms with Crippen molar-refractivity contribution in [2.75, 3.05) is 13.2 Å². The molecule has 0 heterocycles. The van der Waals surface area contributed by atoms with Crippen molar-refractivity contribution in [2.45, 2.75) is 450 Å². The predicted octanol–water partition coefficient (Wildman–Crippen LogP) is 25.3. The number of aliphatic hydroxyl groups excluding tert-OH is 2. The lowest BCUT2D eigenvalue weighted by Gasteiger charge is -2.22. The Labute approximate surface area is 526 Å². The number of carbonyl (C=O) groups excluding carboxylic acids is 2. The molecule has 6 nitrogen and oxygen atoms in total. The Morgan fingerprint density at radius 2 is 0.595 bits per heavy atom. The molecule has 0 aromatic heterocycles. The average Bonchev–Trinajstić information content (AvgIpc) is 3.50. The fraction of sp³-hybridized carbons (Fsp3) is 0.923. The number of allylic oxidation sites excluding steroid dienone is 4. The molecule has 0 rings (SSSR count). The second kappa shape index (κ2) is 73.8. The van der Waals surface area contributed by atoms with Gasteiger partial charge >= 0.3 is 5.97 Å². The molecule has 0 aliphatic rings. The van der Waals surface area contributed by atoms with Gasteiger partial charge in [0.2, 0.25) is 5.91 Å². The van der Waals surface area contributed by atoms with Crippen molar-refractivity contribution >= 4 is 11.9 Å². The molecule has 1 amide bonds. The first-order valence-corrected chi connectivity index (χ1v) is 38.6. The minimum atomic E-state index is -0.663. The van der Waals surface area contributed by atoms with Crippen LogP contribution in [-0.4, -0.2) is 47.4 Å². The van der Waals surface area contributed by atoms with Gasteiger partial charge < -0.3 is 20.3 Å². The van der Waals surface area contributed by atoms with E-state index in [1.165, 1.54) is 360 Å². The number of aliphatic hydroxyl groups is 2. The van der Waals surface area contributed by atoms with E-state index in [0.29, 0.717) is 25.9 Å². The van der Waals surface area contributed by atoms with Crippen LogP contribution >= 0.6 is 0 Å². The normalized spacial score (nSPS) is 12.6. The molecule has 2 unspecified atom stereocenters. The second-order valence-corrected chi connectivity index (χ2v) is 26.7. The van der Waals surface area contributed by atoms with E-state index < -0.39 is 12.1 Å². The summed E-state index contributed by atoms with van der Waals surface area (Å²) in [6, 6.07) is -0.540. The minimum absolute atomic E-state index is 0.0195. The van der Waals surface area contributed by atoms with Gasteiger partial charge in [-0.1, -0.05) is 391 Å². The van der Waals surface area contributed by atoms with Gasteiger partial charge in [0.05, 0.1) is 25.4 Å². The Bertz CT molecular complexity index is 1320. The van der Waals surface area contributed by atoms with Gasteiger partial charge in [0.25, 0.3) is 0 Å². The molecule has 0 bridgehead atoms. The number of hydrogen-bond acceptors (Lipinski definition) is 5. The Kier molecular flexibility index (Phi) is 72.3. The molecule has 0 aliphatic heterocycles. The summed E-state index contributed by atoms with van der Waals surface area (Å²) in [5.41, 5.74) is 0. The van der Waals surface area contributed by atoms with Crippen molar-refractivity contribution < 1.29 is 24.5 Å². The van der Waals surface area contributed by atoms with E-state index in [-0.39, 0.29) is 18.5 Å². The van der Waals surface area contributed by atoms with Crippen LogP contribution in [-0.2, 0) is 14.3 Å². The standard InChI is InChI=1S/C78H151NO5/c1-3-5-7-9-11-13-15-17-19-21-40-44-48-52-56-60-64-68-72-78(83)84-73-69-65-61-57-53-49-45-41-38-36-34-32-30-28-26-24-22-23-25-27-29-31-33-35-37-39-43-47-51-55-59-63-67-71-77(82)79-75(74-80)76(81)70-66-62-58-54-50-46-42-20-18-16-14-12-10-8-6-4-2/h26,28,32,34,75-76,80-81H,3-25,27,29-31,33,35-74H2,1-2H3,(H,79,82)/b28-26-,34-32-. The van der Waals surface area contributed by atoms with Crippen LogP contribution in [0.15, 0.2) is 24.3 Å². The van der Waals surface area contributed by atoms with Crippen molar-refractivity contribution in [1.29, 1.82) is 0 Å². The zero-order valence-electron chi connectivity index (χ0n) is 57.2. The molecule has 6 heteroatoms. The highest BCUT2D eigenvalue weighted by molar-refractivity contribution is 5.76. The largest absolute Gasteiger partial charge is 0.466 e. The lowest BCUT2D eigenvalue weighted by atomic mass is 10.0. The van der Waals surface area contributed by atoms with Crippen LogP contribution in [0.1, 0.15) is 438 Å². The smallest absolute Gasteiger partial charge is 0.305 e. The summed E-state index contributed by atoms with van der Waals surface area (Å²) in [6.07, 6.45) is 94.0. The quantitative estimate of drug-likeness (QED) is 0.0320. The number of carbonyl (C=O) groups is 2. The molecule has 0 spiro atoms. The van der Waals surface area contributed by atoms with Crippen LogP contribution in [0.4, 0.5) is 0 Å². The number of hydrogen-bond donors (Lipinski definition) is 3. The number of rotatable bonds is 73. The summed E-state index contributed by atoms with van der Waals surface area (Å²) in [7, 11) is 0. The van der Waals surface area contributed by atoms with Gasteiger partial charge in [-0.05, 0) is 57.8 Å². The Balaban J connectivity index is 3.36. The molecule has 2 atom stereocenters. The van der Waals surface area contributed by atoms with E-state index in [1.54, 1.807) is 0 Å². The summed E-state index contributed by atoms with van der Waals surface area (Å²) in [4.78, 5) is 24.6.